The van der Waals surface area contributed by atoms with E-state index in [0.717, 1.165) is 16.9 Å². The van der Waals surface area contributed by atoms with Gasteiger partial charge in [0.1, 0.15) is 12.4 Å². The summed E-state index contributed by atoms with van der Waals surface area (Å²) >= 11 is 9.41. The van der Waals surface area contributed by atoms with Crippen molar-refractivity contribution in [2.24, 2.45) is 0 Å². The number of nitrogens with one attached hydrogen (secondary N) is 1. The molecule has 0 aliphatic carbocycles. The molecule has 0 bridgehead atoms. The van der Waals surface area contributed by atoms with Crippen molar-refractivity contribution in [3.05, 3.63) is 123 Å². The summed E-state index contributed by atoms with van der Waals surface area (Å²) in [7, 11) is 0. The fourth-order valence-electron chi connectivity index (χ4n) is 4.28. The quantitative estimate of drug-likeness (QED) is 0.179. The van der Waals surface area contributed by atoms with E-state index in [1.54, 1.807) is 18.2 Å². The molecule has 5 aromatic rings. The van der Waals surface area contributed by atoms with Gasteiger partial charge in [-0.25, -0.2) is 9.78 Å². The number of carbonyl (C=O) groups is 2. The zero-order valence-corrected chi connectivity index (χ0v) is 23.8. The molecule has 8 heteroatoms. The van der Waals surface area contributed by atoms with Crippen molar-refractivity contribution in [3.63, 3.8) is 0 Å². The predicted molar refractivity (Wildman–Crippen MR) is 161 cm³/mol. The van der Waals surface area contributed by atoms with Crippen molar-refractivity contribution in [1.82, 2.24) is 4.98 Å². The van der Waals surface area contributed by atoms with Crippen LogP contribution in [0.15, 0.2) is 102 Å². The zero-order chi connectivity index (χ0) is 28.1. The van der Waals surface area contributed by atoms with Crippen molar-refractivity contribution in [2.45, 2.75) is 13.5 Å². The van der Waals surface area contributed by atoms with Crippen LogP contribution >= 0.6 is 27.5 Å². The molecule has 4 aromatic carbocycles. The first-order valence-corrected chi connectivity index (χ1v) is 13.6. The number of para-hydroxylation sites is 1. The van der Waals surface area contributed by atoms with Crippen LogP contribution in [0.5, 0.6) is 5.75 Å². The number of pyridine rings is 1. The van der Waals surface area contributed by atoms with Crippen LogP contribution in [-0.4, -0.2) is 23.5 Å². The average Bonchev–Trinajstić information content (AvgIpc) is 2.97. The first-order valence-electron chi connectivity index (χ1n) is 12.5. The number of ether oxygens (including phenoxy) is 2. The lowest BCUT2D eigenvalue weighted by Gasteiger charge is -2.15. The summed E-state index contributed by atoms with van der Waals surface area (Å²) in [6.07, 6.45) is 0. The Morgan fingerprint density at radius 3 is 2.40 bits per heavy atom. The van der Waals surface area contributed by atoms with Gasteiger partial charge < -0.3 is 14.8 Å². The SMILES string of the molecule is Cc1c(-c2ccc(OCc3ccccc3)cc2)nc2ccccc2c1C(=O)OCC(=O)Nc1ccc(Br)c(Cl)c1. The molecule has 1 amide bonds. The van der Waals surface area contributed by atoms with Crippen LogP contribution in [0.2, 0.25) is 5.02 Å². The Labute approximate surface area is 245 Å². The Kier molecular flexibility index (Phi) is 8.43. The van der Waals surface area contributed by atoms with Gasteiger partial charge in [-0.15, -0.1) is 0 Å². The van der Waals surface area contributed by atoms with E-state index in [-0.39, 0.29) is 0 Å². The van der Waals surface area contributed by atoms with E-state index in [4.69, 9.17) is 26.1 Å². The second-order valence-electron chi connectivity index (χ2n) is 9.03. The summed E-state index contributed by atoms with van der Waals surface area (Å²) in [6, 6.07) is 29.9. The van der Waals surface area contributed by atoms with Crippen LogP contribution in [0.3, 0.4) is 0 Å². The number of rotatable bonds is 8. The normalized spacial score (nSPS) is 10.8. The summed E-state index contributed by atoms with van der Waals surface area (Å²) in [6.45, 7) is 1.84. The van der Waals surface area contributed by atoms with E-state index >= 15 is 0 Å². The Bertz CT molecular complexity index is 1690. The number of carbonyl (C=O) groups excluding carboxylic acids is 2. The maximum Gasteiger partial charge on any atom is 0.339 e. The van der Waals surface area contributed by atoms with E-state index in [1.807, 2.05) is 85.8 Å². The number of hydrogen-bond donors (Lipinski definition) is 1. The molecule has 0 radical (unpaired) electrons. The molecule has 1 N–H and O–H groups in total. The zero-order valence-electron chi connectivity index (χ0n) is 21.5. The maximum atomic E-state index is 13.3. The molecule has 0 saturated carbocycles. The van der Waals surface area contributed by atoms with Gasteiger partial charge in [0.2, 0.25) is 0 Å². The van der Waals surface area contributed by atoms with Gasteiger partial charge in [-0.2, -0.15) is 0 Å². The molecule has 6 nitrogen and oxygen atoms in total. The van der Waals surface area contributed by atoms with Gasteiger partial charge in [0.15, 0.2) is 6.61 Å². The lowest BCUT2D eigenvalue weighted by atomic mass is 9.97. The van der Waals surface area contributed by atoms with Gasteiger partial charge in [-0.3, -0.25) is 4.79 Å². The van der Waals surface area contributed by atoms with E-state index in [0.29, 0.717) is 49.5 Å². The monoisotopic (exact) mass is 614 g/mol. The molecule has 0 spiro atoms. The molecule has 5 rings (SSSR count). The van der Waals surface area contributed by atoms with Gasteiger partial charge in [0.25, 0.3) is 5.91 Å². The molecular weight excluding hydrogens is 592 g/mol. The van der Waals surface area contributed by atoms with E-state index < -0.39 is 18.5 Å². The van der Waals surface area contributed by atoms with Crippen LogP contribution in [-0.2, 0) is 16.1 Å². The molecule has 1 aromatic heterocycles. The molecule has 0 atom stereocenters. The van der Waals surface area contributed by atoms with Crippen LogP contribution in [0.4, 0.5) is 5.69 Å². The Balaban J connectivity index is 1.35. The first-order chi connectivity index (χ1) is 19.4. The summed E-state index contributed by atoms with van der Waals surface area (Å²) in [5, 5.41) is 3.79. The van der Waals surface area contributed by atoms with Crippen LogP contribution in [0.1, 0.15) is 21.5 Å². The molecule has 0 saturated heterocycles. The lowest BCUT2D eigenvalue weighted by molar-refractivity contribution is -0.119. The average molecular weight is 616 g/mol. The number of benzene rings is 4. The molecule has 0 aliphatic rings. The van der Waals surface area contributed by atoms with E-state index in [9.17, 15) is 9.59 Å². The molecule has 40 heavy (non-hydrogen) atoms. The molecule has 0 fully saturated rings. The predicted octanol–water partition coefficient (Wildman–Crippen LogP) is 8.00. The van der Waals surface area contributed by atoms with Gasteiger partial charge in [0.05, 0.1) is 21.8 Å². The smallest absolute Gasteiger partial charge is 0.339 e. The number of aromatic nitrogens is 1. The molecule has 1 heterocycles. The summed E-state index contributed by atoms with van der Waals surface area (Å²) in [5.41, 5.74) is 4.72. The van der Waals surface area contributed by atoms with Gasteiger partial charge >= 0.3 is 5.97 Å². The topological polar surface area (TPSA) is 77.5 Å². The third-order valence-electron chi connectivity index (χ3n) is 6.25. The minimum absolute atomic E-state index is 0.365. The Morgan fingerprint density at radius 1 is 0.925 bits per heavy atom. The van der Waals surface area contributed by atoms with E-state index in [2.05, 4.69) is 21.2 Å². The maximum absolute atomic E-state index is 13.3. The fraction of sp³-hybridized carbons (Fsp3) is 0.0938. The summed E-state index contributed by atoms with van der Waals surface area (Å²) in [4.78, 5) is 30.6. The number of fused-ring (bicyclic) bond motifs is 1. The number of esters is 1. The number of amides is 1. The van der Waals surface area contributed by atoms with Crippen LogP contribution in [0.25, 0.3) is 22.2 Å². The standard InChI is InChI=1S/C32H24BrClN2O4/c1-20-30(32(38)40-19-29(37)35-23-13-16-26(33)27(34)17-23)25-9-5-6-10-28(25)36-31(20)22-11-14-24(15-12-22)39-18-21-7-3-2-4-8-21/h2-17H,18-19H2,1H3,(H,35,37). The van der Waals surface area contributed by atoms with E-state index in [1.165, 1.54) is 0 Å². The van der Waals surface area contributed by atoms with Crippen molar-refractivity contribution in [2.75, 3.05) is 11.9 Å². The third-order valence-corrected chi connectivity index (χ3v) is 7.49. The van der Waals surface area contributed by atoms with Crippen molar-refractivity contribution in [3.8, 4) is 17.0 Å². The highest BCUT2D eigenvalue weighted by molar-refractivity contribution is 9.10. The number of anilines is 1. The Hall–Kier alpha value is -4.20. The summed E-state index contributed by atoms with van der Waals surface area (Å²) < 4.78 is 12.1. The minimum atomic E-state index is -0.607. The highest BCUT2D eigenvalue weighted by Crippen LogP contribution is 2.31. The van der Waals surface area contributed by atoms with Crippen LogP contribution in [0, 0.1) is 6.92 Å². The highest BCUT2D eigenvalue weighted by Gasteiger charge is 2.21. The van der Waals surface area contributed by atoms with Crippen molar-refractivity contribution in [1.29, 1.82) is 0 Å². The Morgan fingerprint density at radius 2 is 1.65 bits per heavy atom. The van der Waals surface area contributed by atoms with Crippen molar-refractivity contribution >= 4 is 56.0 Å². The number of halogens is 2. The minimum Gasteiger partial charge on any atom is -0.489 e. The molecular formula is C32H24BrClN2O4. The second-order valence-corrected chi connectivity index (χ2v) is 10.3. The first kappa shape index (κ1) is 27.4. The third kappa shape index (κ3) is 6.33. The molecule has 0 unspecified atom stereocenters. The second kappa shape index (κ2) is 12.3. The largest absolute Gasteiger partial charge is 0.489 e. The summed E-state index contributed by atoms with van der Waals surface area (Å²) in [5.74, 6) is -0.359. The number of nitrogens with zero attached hydrogens (tertiary/aromatic N) is 1. The van der Waals surface area contributed by atoms with Gasteiger partial charge in [-0.05, 0) is 82.5 Å². The van der Waals surface area contributed by atoms with Gasteiger partial charge in [0, 0.05) is 21.1 Å². The lowest BCUT2D eigenvalue weighted by Crippen LogP contribution is -2.21. The van der Waals surface area contributed by atoms with Gasteiger partial charge in [-0.1, -0.05) is 60.1 Å². The molecule has 200 valence electrons. The van der Waals surface area contributed by atoms with Crippen LogP contribution < -0.4 is 10.1 Å². The number of hydrogen-bond acceptors (Lipinski definition) is 5. The molecule has 0 aliphatic heterocycles. The van der Waals surface area contributed by atoms with Crippen molar-refractivity contribution < 1.29 is 19.1 Å². The fourth-order valence-corrected chi connectivity index (χ4v) is 4.70. The highest BCUT2D eigenvalue weighted by atomic mass is 79.9.